The lowest BCUT2D eigenvalue weighted by Crippen LogP contribution is -3.00. The zero-order chi connectivity index (χ0) is 16.5. The van der Waals surface area contributed by atoms with Crippen LogP contribution < -0.4 is 28.5 Å². The molecule has 0 fully saturated rings. The zero-order valence-corrected chi connectivity index (χ0v) is 15.9. The third-order valence-corrected chi connectivity index (χ3v) is 4.30. The number of halogens is 1. The molecule has 4 aromatic rings. The molecular formula is C21H17IN2O. The van der Waals surface area contributed by atoms with E-state index in [1.54, 1.807) is 12.3 Å². The predicted octanol–water partition coefficient (Wildman–Crippen LogP) is 1.09. The van der Waals surface area contributed by atoms with Crippen molar-refractivity contribution in [2.75, 3.05) is 0 Å². The van der Waals surface area contributed by atoms with Gasteiger partial charge in [-0.25, -0.2) is 4.57 Å². The highest BCUT2D eigenvalue weighted by atomic mass is 127. The molecule has 0 radical (unpaired) electrons. The SMILES string of the molecule is C[n+]1ccc2ccccc2c1/C=C/c1ccc(O)c2ncccc12.[I-]. The van der Waals surface area contributed by atoms with Gasteiger partial charge in [-0.2, -0.15) is 0 Å². The Morgan fingerprint density at radius 1 is 0.920 bits per heavy atom. The van der Waals surface area contributed by atoms with E-state index in [4.69, 9.17) is 0 Å². The normalized spacial score (nSPS) is 11.1. The topological polar surface area (TPSA) is 37.0 Å². The monoisotopic (exact) mass is 440 g/mol. The molecule has 2 aromatic heterocycles. The molecule has 0 amide bonds. The molecule has 1 N–H and O–H groups in total. The third-order valence-electron chi connectivity index (χ3n) is 4.30. The van der Waals surface area contributed by atoms with Crippen LogP contribution in [0.15, 0.2) is 67.0 Å². The number of aromatic hydroxyl groups is 1. The van der Waals surface area contributed by atoms with Gasteiger partial charge in [-0.05, 0) is 35.2 Å². The maximum absolute atomic E-state index is 9.98. The molecule has 0 aliphatic carbocycles. The summed E-state index contributed by atoms with van der Waals surface area (Å²) < 4.78 is 2.11. The van der Waals surface area contributed by atoms with Crippen molar-refractivity contribution in [1.29, 1.82) is 0 Å². The summed E-state index contributed by atoms with van der Waals surface area (Å²) in [7, 11) is 2.04. The van der Waals surface area contributed by atoms with Crippen LogP contribution in [0.3, 0.4) is 0 Å². The Morgan fingerprint density at radius 3 is 2.60 bits per heavy atom. The van der Waals surface area contributed by atoms with Gasteiger partial charge >= 0.3 is 0 Å². The van der Waals surface area contributed by atoms with Crippen molar-refractivity contribution in [2.24, 2.45) is 7.05 Å². The van der Waals surface area contributed by atoms with Crippen LogP contribution in [0.1, 0.15) is 11.3 Å². The molecule has 0 unspecified atom stereocenters. The first-order chi connectivity index (χ1) is 11.7. The summed E-state index contributed by atoms with van der Waals surface area (Å²) in [5, 5.41) is 13.3. The van der Waals surface area contributed by atoms with Gasteiger partial charge in [0.2, 0.25) is 5.69 Å². The Hall–Kier alpha value is -2.47. The lowest BCUT2D eigenvalue weighted by molar-refractivity contribution is -0.671. The van der Waals surface area contributed by atoms with Gasteiger partial charge in [-0.3, -0.25) is 4.98 Å². The van der Waals surface area contributed by atoms with Gasteiger partial charge < -0.3 is 29.1 Å². The second-order valence-electron chi connectivity index (χ2n) is 5.81. The standard InChI is InChI=1S/C21H16N2O.HI/c1-23-14-12-15-5-2-3-6-17(15)19(23)10-8-16-9-11-20(24)21-18(16)7-4-13-22-21;/h2-14H,1H3;1H. The van der Waals surface area contributed by atoms with E-state index in [0.29, 0.717) is 5.52 Å². The smallest absolute Gasteiger partial charge is 0.212 e. The molecule has 4 rings (SSSR count). The summed E-state index contributed by atoms with van der Waals surface area (Å²) in [5.41, 5.74) is 2.80. The highest BCUT2D eigenvalue weighted by Crippen LogP contribution is 2.27. The van der Waals surface area contributed by atoms with Crippen LogP contribution in [0.5, 0.6) is 5.75 Å². The Morgan fingerprint density at radius 2 is 1.72 bits per heavy atom. The summed E-state index contributed by atoms with van der Waals surface area (Å²) in [6, 6.07) is 17.9. The van der Waals surface area contributed by atoms with E-state index in [9.17, 15) is 5.11 Å². The third kappa shape index (κ3) is 3.22. The minimum atomic E-state index is 0. The van der Waals surface area contributed by atoms with Crippen LogP contribution in [-0.4, -0.2) is 10.1 Å². The molecule has 3 nitrogen and oxygen atoms in total. The molecule has 2 aromatic carbocycles. The second kappa shape index (κ2) is 7.19. The number of pyridine rings is 2. The quantitative estimate of drug-likeness (QED) is 0.375. The first-order valence-corrected chi connectivity index (χ1v) is 7.86. The van der Waals surface area contributed by atoms with Crippen LogP contribution in [0.2, 0.25) is 0 Å². The largest absolute Gasteiger partial charge is 1.00 e. The van der Waals surface area contributed by atoms with Crippen LogP contribution in [-0.2, 0) is 7.05 Å². The van der Waals surface area contributed by atoms with E-state index in [-0.39, 0.29) is 29.7 Å². The number of nitrogens with zero attached hydrogens (tertiary/aromatic N) is 2. The molecule has 0 aliphatic heterocycles. The lowest BCUT2D eigenvalue weighted by atomic mass is 10.1. The minimum absolute atomic E-state index is 0. The number of benzene rings is 2. The summed E-state index contributed by atoms with van der Waals surface area (Å²) in [5.74, 6) is 0.207. The fraction of sp³-hybridized carbons (Fsp3) is 0.0476. The van der Waals surface area contributed by atoms with Gasteiger partial charge in [0.1, 0.15) is 18.3 Å². The van der Waals surface area contributed by atoms with E-state index in [1.165, 1.54) is 10.8 Å². The van der Waals surface area contributed by atoms with E-state index >= 15 is 0 Å². The van der Waals surface area contributed by atoms with Gasteiger partial charge in [0.05, 0.1) is 5.39 Å². The first-order valence-electron chi connectivity index (χ1n) is 7.86. The second-order valence-corrected chi connectivity index (χ2v) is 5.81. The average Bonchev–Trinajstić information content (AvgIpc) is 2.63. The number of hydrogen-bond acceptors (Lipinski definition) is 2. The van der Waals surface area contributed by atoms with Crippen molar-refractivity contribution in [3.05, 3.63) is 78.2 Å². The number of fused-ring (bicyclic) bond motifs is 2. The summed E-state index contributed by atoms with van der Waals surface area (Å²) in [6.45, 7) is 0. The fourth-order valence-electron chi connectivity index (χ4n) is 3.04. The van der Waals surface area contributed by atoms with Gasteiger partial charge in [-0.1, -0.05) is 30.3 Å². The Bertz CT molecular complexity index is 1090. The van der Waals surface area contributed by atoms with Gasteiger partial charge in [0.15, 0.2) is 6.20 Å². The number of phenolic OH excluding ortho intramolecular Hbond substituents is 1. The van der Waals surface area contributed by atoms with Crippen LogP contribution in [0, 0.1) is 0 Å². The number of aryl methyl sites for hydroxylation is 1. The van der Waals surface area contributed by atoms with Gasteiger partial charge in [-0.15, -0.1) is 0 Å². The van der Waals surface area contributed by atoms with Gasteiger partial charge in [0.25, 0.3) is 0 Å². The molecule has 0 bridgehead atoms. The first kappa shape index (κ1) is 17.4. The highest BCUT2D eigenvalue weighted by molar-refractivity contribution is 5.95. The number of rotatable bonds is 2. The van der Waals surface area contributed by atoms with Crippen molar-refractivity contribution in [3.63, 3.8) is 0 Å². The molecule has 25 heavy (non-hydrogen) atoms. The number of phenols is 1. The van der Waals surface area contributed by atoms with E-state index in [2.05, 4.69) is 58.2 Å². The van der Waals surface area contributed by atoms with Crippen molar-refractivity contribution in [3.8, 4) is 5.75 Å². The van der Waals surface area contributed by atoms with Crippen LogP contribution in [0.25, 0.3) is 33.8 Å². The number of aromatic nitrogens is 2. The van der Waals surface area contributed by atoms with E-state index in [1.807, 2.05) is 25.2 Å². The van der Waals surface area contributed by atoms with Crippen LogP contribution >= 0.6 is 0 Å². The molecule has 2 heterocycles. The summed E-state index contributed by atoms with van der Waals surface area (Å²) in [6.07, 6.45) is 7.95. The summed E-state index contributed by atoms with van der Waals surface area (Å²) in [4.78, 5) is 4.27. The average molecular weight is 440 g/mol. The van der Waals surface area contributed by atoms with Crippen molar-refractivity contribution >= 4 is 33.8 Å². The van der Waals surface area contributed by atoms with Gasteiger partial charge in [0, 0.05) is 23.7 Å². The molecule has 0 aliphatic rings. The van der Waals surface area contributed by atoms with Crippen LogP contribution in [0.4, 0.5) is 0 Å². The number of hydrogen-bond donors (Lipinski definition) is 1. The molecule has 0 atom stereocenters. The predicted molar refractivity (Wildman–Crippen MR) is 97.5 cm³/mol. The van der Waals surface area contributed by atoms with Crippen molar-refractivity contribution in [2.45, 2.75) is 0 Å². The maximum Gasteiger partial charge on any atom is 0.212 e. The molecule has 124 valence electrons. The zero-order valence-electron chi connectivity index (χ0n) is 13.7. The van der Waals surface area contributed by atoms with Crippen molar-refractivity contribution < 1.29 is 33.7 Å². The highest BCUT2D eigenvalue weighted by Gasteiger charge is 2.09. The molecule has 0 saturated heterocycles. The molecule has 4 heteroatoms. The Labute approximate surface area is 163 Å². The molecule has 0 saturated carbocycles. The summed E-state index contributed by atoms with van der Waals surface area (Å²) >= 11 is 0. The van der Waals surface area contributed by atoms with E-state index in [0.717, 1.165) is 16.6 Å². The maximum atomic E-state index is 9.98. The molecule has 0 spiro atoms. The molecular weight excluding hydrogens is 423 g/mol. The van der Waals surface area contributed by atoms with Crippen molar-refractivity contribution in [1.82, 2.24) is 4.98 Å². The fourth-order valence-corrected chi connectivity index (χ4v) is 3.04. The Kier molecular flexibility index (Phi) is 4.99. The lowest BCUT2D eigenvalue weighted by Gasteiger charge is -2.04. The minimum Gasteiger partial charge on any atom is -1.00 e. The Balaban J connectivity index is 0.00000182. The van der Waals surface area contributed by atoms with E-state index < -0.39 is 0 Å².